The van der Waals surface area contributed by atoms with E-state index in [9.17, 15) is 14.0 Å². The molecule has 1 fully saturated rings. The molecule has 1 aliphatic rings. The third-order valence-electron chi connectivity index (χ3n) is 6.00. The van der Waals surface area contributed by atoms with Crippen LogP contribution in [-0.2, 0) is 7.05 Å². The van der Waals surface area contributed by atoms with E-state index in [0.29, 0.717) is 10.7 Å². The Bertz CT molecular complexity index is 1410. The molecule has 39 heavy (non-hydrogen) atoms. The van der Waals surface area contributed by atoms with Gasteiger partial charge in [-0.15, -0.1) is 0 Å². The van der Waals surface area contributed by atoms with E-state index in [0.717, 1.165) is 18.4 Å². The van der Waals surface area contributed by atoms with Crippen molar-refractivity contribution in [3.63, 3.8) is 0 Å². The van der Waals surface area contributed by atoms with Crippen LogP contribution in [0, 0.1) is 19.7 Å². The van der Waals surface area contributed by atoms with E-state index >= 15 is 0 Å². The van der Waals surface area contributed by atoms with E-state index in [1.807, 2.05) is 31.3 Å². The number of halogens is 2. The van der Waals surface area contributed by atoms with Gasteiger partial charge in [0.05, 0.1) is 16.9 Å². The molecule has 0 radical (unpaired) electrons. The van der Waals surface area contributed by atoms with Gasteiger partial charge in [0.25, 0.3) is 11.5 Å². The SMILES string of the molecule is CC.CNSN(C)c1cccc(Oc2c(C(=O)NC3CC3)c(Nc3ccc(C)cc3F)n(C)c(=O)c2C)c1Cl. The van der Waals surface area contributed by atoms with E-state index < -0.39 is 17.3 Å². The van der Waals surface area contributed by atoms with Crippen LogP contribution in [0.15, 0.2) is 41.2 Å². The van der Waals surface area contributed by atoms with Crippen LogP contribution < -0.4 is 30.0 Å². The van der Waals surface area contributed by atoms with Crippen LogP contribution in [-0.4, -0.2) is 30.6 Å². The molecule has 1 heterocycles. The van der Waals surface area contributed by atoms with Gasteiger partial charge >= 0.3 is 0 Å². The lowest BCUT2D eigenvalue weighted by Gasteiger charge is -2.23. The van der Waals surface area contributed by atoms with Crippen molar-refractivity contribution in [1.29, 1.82) is 0 Å². The summed E-state index contributed by atoms with van der Waals surface area (Å²) in [6.45, 7) is 7.36. The number of aromatic nitrogens is 1. The summed E-state index contributed by atoms with van der Waals surface area (Å²) in [7, 11) is 5.15. The number of pyridine rings is 1. The molecule has 1 aromatic heterocycles. The highest BCUT2D eigenvalue weighted by molar-refractivity contribution is 7.98. The predicted molar refractivity (Wildman–Crippen MR) is 159 cm³/mol. The molecule has 0 saturated heterocycles. The topological polar surface area (TPSA) is 87.6 Å². The molecule has 210 valence electrons. The van der Waals surface area contributed by atoms with E-state index in [-0.39, 0.29) is 40.2 Å². The van der Waals surface area contributed by atoms with Crippen molar-refractivity contribution in [2.75, 3.05) is 23.7 Å². The first-order chi connectivity index (χ1) is 18.6. The summed E-state index contributed by atoms with van der Waals surface area (Å²) in [5.74, 6) is -0.501. The third kappa shape index (κ3) is 6.87. The summed E-state index contributed by atoms with van der Waals surface area (Å²) >= 11 is 8.02. The smallest absolute Gasteiger partial charge is 0.259 e. The third-order valence-corrected chi connectivity index (χ3v) is 7.04. The molecule has 0 bridgehead atoms. The highest BCUT2D eigenvalue weighted by Gasteiger charge is 2.31. The van der Waals surface area contributed by atoms with Crippen molar-refractivity contribution in [3.8, 4) is 11.5 Å². The quantitative estimate of drug-likeness (QED) is 0.252. The maximum absolute atomic E-state index is 14.8. The molecule has 0 atom stereocenters. The first kappa shape index (κ1) is 30.3. The van der Waals surface area contributed by atoms with Crippen molar-refractivity contribution < 1.29 is 13.9 Å². The number of ether oxygens (including phenoxy) is 1. The van der Waals surface area contributed by atoms with E-state index in [1.54, 1.807) is 45.2 Å². The molecule has 1 amide bonds. The van der Waals surface area contributed by atoms with Crippen LogP contribution in [0.3, 0.4) is 0 Å². The minimum absolute atomic E-state index is 0.0426. The Hall–Kier alpha value is -3.21. The maximum Gasteiger partial charge on any atom is 0.259 e. The highest BCUT2D eigenvalue weighted by atomic mass is 35.5. The Morgan fingerprint density at radius 1 is 1.21 bits per heavy atom. The Labute approximate surface area is 238 Å². The zero-order chi connectivity index (χ0) is 28.9. The fourth-order valence-electron chi connectivity index (χ4n) is 3.85. The number of amides is 1. The summed E-state index contributed by atoms with van der Waals surface area (Å²) in [4.78, 5) is 26.8. The molecule has 0 aliphatic heterocycles. The molecule has 8 nitrogen and oxygen atoms in total. The van der Waals surface area contributed by atoms with Gasteiger partial charge in [-0.2, -0.15) is 0 Å². The van der Waals surface area contributed by atoms with Crippen molar-refractivity contribution in [2.24, 2.45) is 7.05 Å². The summed E-state index contributed by atoms with van der Waals surface area (Å²) < 4.78 is 27.1. The van der Waals surface area contributed by atoms with Crippen LogP contribution in [0.2, 0.25) is 5.02 Å². The van der Waals surface area contributed by atoms with Gasteiger partial charge in [0.15, 0.2) is 5.75 Å². The Morgan fingerprint density at radius 2 is 1.90 bits per heavy atom. The van der Waals surface area contributed by atoms with Crippen LogP contribution >= 0.6 is 23.7 Å². The Morgan fingerprint density at radius 3 is 2.51 bits per heavy atom. The number of nitrogens with one attached hydrogen (secondary N) is 3. The van der Waals surface area contributed by atoms with Gasteiger partial charge in [-0.25, -0.2) is 9.11 Å². The first-order valence-electron chi connectivity index (χ1n) is 12.7. The summed E-state index contributed by atoms with van der Waals surface area (Å²) in [6, 6.07) is 9.98. The Balaban J connectivity index is 0.00000205. The summed E-state index contributed by atoms with van der Waals surface area (Å²) in [6.07, 6.45) is 1.73. The lowest BCUT2D eigenvalue weighted by Crippen LogP contribution is -2.31. The lowest BCUT2D eigenvalue weighted by atomic mass is 10.1. The lowest BCUT2D eigenvalue weighted by molar-refractivity contribution is 0.0948. The number of rotatable bonds is 9. The fraction of sp³-hybridized carbons (Fsp3) is 0.357. The second-order valence-corrected chi connectivity index (χ2v) is 10.4. The normalized spacial score (nSPS) is 12.3. The molecular formula is C28H35ClFN5O3S. The average molecular weight is 576 g/mol. The highest BCUT2D eigenvalue weighted by Crippen LogP contribution is 2.41. The zero-order valence-corrected chi connectivity index (χ0v) is 24.8. The van der Waals surface area contributed by atoms with Crippen molar-refractivity contribution in [2.45, 2.75) is 46.6 Å². The van der Waals surface area contributed by atoms with Gasteiger partial charge < -0.3 is 19.7 Å². The van der Waals surface area contributed by atoms with Crippen molar-refractivity contribution in [3.05, 3.63) is 74.3 Å². The van der Waals surface area contributed by atoms with Crippen LogP contribution in [0.25, 0.3) is 0 Å². The molecule has 2 aromatic carbocycles. The van der Waals surface area contributed by atoms with E-state index in [2.05, 4.69) is 15.4 Å². The number of benzene rings is 2. The minimum Gasteiger partial charge on any atom is -0.454 e. The van der Waals surface area contributed by atoms with Gasteiger partial charge in [-0.05, 0) is 63.6 Å². The van der Waals surface area contributed by atoms with Gasteiger partial charge in [-0.3, -0.25) is 14.2 Å². The molecular weight excluding hydrogens is 541 g/mol. The van der Waals surface area contributed by atoms with Gasteiger partial charge in [0.1, 0.15) is 28.0 Å². The van der Waals surface area contributed by atoms with Crippen LogP contribution in [0.5, 0.6) is 11.5 Å². The monoisotopic (exact) mass is 575 g/mol. The molecule has 1 aliphatic carbocycles. The summed E-state index contributed by atoms with van der Waals surface area (Å²) in [5.41, 5.74) is 1.45. The zero-order valence-electron chi connectivity index (χ0n) is 23.2. The molecule has 0 spiro atoms. The second kappa shape index (κ2) is 13.2. The number of aryl methyl sites for hydroxylation is 1. The summed E-state index contributed by atoms with van der Waals surface area (Å²) in [5, 5.41) is 6.23. The van der Waals surface area contributed by atoms with Crippen molar-refractivity contribution in [1.82, 2.24) is 14.6 Å². The van der Waals surface area contributed by atoms with Gasteiger partial charge in [0.2, 0.25) is 0 Å². The maximum atomic E-state index is 14.8. The number of carbonyl (C=O) groups is 1. The Kier molecular flexibility index (Phi) is 10.3. The first-order valence-corrected chi connectivity index (χ1v) is 13.9. The van der Waals surface area contributed by atoms with Crippen LogP contribution in [0.4, 0.5) is 21.6 Å². The fourth-order valence-corrected chi connectivity index (χ4v) is 4.71. The largest absolute Gasteiger partial charge is 0.454 e. The number of carbonyl (C=O) groups excluding carboxylic acids is 1. The average Bonchev–Trinajstić information content (AvgIpc) is 3.73. The molecule has 4 rings (SSSR count). The van der Waals surface area contributed by atoms with Gasteiger partial charge in [-0.1, -0.05) is 37.6 Å². The van der Waals surface area contributed by atoms with E-state index in [1.165, 1.54) is 29.8 Å². The standard InChI is InChI=1S/C26H29ClFN5O3S.C2H6/c1-14-9-12-18(17(28)13-14)31-24-21(25(34)30-16-10-11-16)23(15(2)26(35)32(24)4)36-20-8-6-7-19(22(20)27)33(5)37-29-3;1-2/h6-9,12-13,16,29,31H,10-11H2,1-5H3,(H,30,34);1-2H3. The molecule has 3 aromatic rings. The second-order valence-electron chi connectivity index (χ2n) is 8.88. The molecule has 0 unspecified atom stereocenters. The van der Waals surface area contributed by atoms with Crippen LogP contribution in [0.1, 0.15) is 48.2 Å². The molecule has 11 heteroatoms. The van der Waals surface area contributed by atoms with E-state index in [4.69, 9.17) is 16.3 Å². The number of hydrogen-bond acceptors (Lipinski definition) is 7. The van der Waals surface area contributed by atoms with Crippen molar-refractivity contribution >= 4 is 46.8 Å². The number of hydrogen-bond donors (Lipinski definition) is 3. The number of nitrogens with zero attached hydrogens (tertiary/aromatic N) is 2. The van der Waals surface area contributed by atoms with Gasteiger partial charge in [0, 0.05) is 32.3 Å². The molecule has 3 N–H and O–H groups in total. The minimum atomic E-state index is -0.509. The predicted octanol–water partition coefficient (Wildman–Crippen LogP) is 6.47. The number of anilines is 3. The molecule has 1 saturated carbocycles.